The molecule has 1 atom stereocenters. The molecule has 1 aromatic carbocycles. The lowest BCUT2D eigenvalue weighted by atomic mass is 10.1. The molecule has 8 nitrogen and oxygen atoms in total. The molecule has 1 aromatic heterocycles. The molecule has 1 fully saturated rings. The summed E-state index contributed by atoms with van der Waals surface area (Å²) in [7, 11) is 0. The predicted molar refractivity (Wildman–Crippen MR) is 90.7 cm³/mol. The third-order valence-corrected chi connectivity index (χ3v) is 3.77. The van der Waals surface area contributed by atoms with Crippen LogP contribution in [0.4, 0.5) is 20.7 Å². The van der Waals surface area contributed by atoms with Crippen LogP contribution >= 0.6 is 0 Å². The summed E-state index contributed by atoms with van der Waals surface area (Å²) >= 11 is 0. The van der Waals surface area contributed by atoms with Crippen LogP contribution in [0.1, 0.15) is 6.92 Å². The highest BCUT2D eigenvalue weighted by atomic mass is 19.1. The molecule has 0 spiro atoms. The highest BCUT2D eigenvalue weighted by Gasteiger charge is 2.36. The number of rotatable bonds is 4. The molecule has 0 saturated carbocycles. The van der Waals surface area contributed by atoms with Crippen molar-refractivity contribution in [2.75, 3.05) is 16.8 Å². The van der Waals surface area contributed by atoms with E-state index in [0.717, 1.165) is 4.90 Å². The first-order valence-corrected chi connectivity index (χ1v) is 7.66. The molecule has 3 N–H and O–H groups in total. The van der Waals surface area contributed by atoms with Gasteiger partial charge >= 0.3 is 6.09 Å². The molecule has 134 valence electrons. The van der Waals surface area contributed by atoms with Gasteiger partial charge in [0, 0.05) is 24.2 Å². The zero-order valence-corrected chi connectivity index (χ0v) is 13.7. The van der Waals surface area contributed by atoms with Crippen molar-refractivity contribution < 1.29 is 23.5 Å². The third-order valence-electron chi connectivity index (χ3n) is 3.77. The summed E-state index contributed by atoms with van der Waals surface area (Å²) in [5.74, 6) is -1.24. The minimum absolute atomic E-state index is 0.0695. The number of hydrogen-bond donors (Lipinski definition) is 2. The molecule has 0 aliphatic carbocycles. The second-order valence-electron chi connectivity index (χ2n) is 5.66. The van der Waals surface area contributed by atoms with Gasteiger partial charge in [-0.2, -0.15) is 0 Å². The van der Waals surface area contributed by atoms with Gasteiger partial charge in [0.2, 0.25) is 5.91 Å². The summed E-state index contributed by atoms with van der Waals surface area (Å²) in [6, 6.07) is 7.36. The summed E-state index contributed by atoms with van der Waals surface area (Å²) in [5.41, 5.74) is 6.15. The van der Waals surface area contributed by atoms with Gasteiger partial charge in [-0.15, -0.1) is 0 Å². The fourth-order valence-electron chi connectivity index (χ4n) is 2.54. The second-order valence-corrected chi connectivity index (χ2v) is 5.66. The van der Waals surface area contributed by atoms with Gasteiger partial charge < -0.3 is 15.8 Å². The summed E-state index contributed by atoms with van der Waals surface area (Å²) in [5, 5.41) is 2.52. The Morgan fingerprint density at radius 1 is 1.35 bits per heavy atom. The lowest BCUT2D eigenvalue weighted by Gasteiger charge is -2.14. The molecule has 0 radical (unpaired) electrons. The zero-order chi connectivity index (χ0) is 18.8. The van der Waals surface area contributed by atoms with Crippen molar-refractivity contribution >= 4 is 29.4 Å². The quantitative estimate of drug-likeness (QED) is 0.862. The van der Waals surface area contributed by atoms with Gasteiger partial charge in [-0.3, -0.25) is 14.5 Å². The zero-order valence-electron chi connectivity index (χ0n) is 13.7. The van der Waals surface area contributed by atoms with Gasteiger partial charge in [0.05, 0.1) is 12.2 Å². The molecular weight excluding hydrogens is 343 g/mol. The number of amides is 3. The van der Waals surface area contributed by atoms with Gasteiger partial charge in [0.15, 0.2) is 6.10 Å². The molecule has 26 heavy (non-hydrogen) atoms. The monoisotopic (exact) mass is 358 g/mol. The molecule has 1 aliphatic heterocycles. The van der Waals surface area contributed by atoms with E-state index in [9.17, 15) is 18.8 Å². The average Bonchev–Trinajstić information content (AvgIpc) is 2.97. The molecule has 0 unspecified atom stereocenters. The Labute approximate surface area is 147 Å². The standard InChI is InChI=1S/C17H15FN4O4/c1-9(23)21-15-5-2-10(7-20-15)12-4-3-11(6-13(12)18)22-8-14(16(19)24)26-17(22)25/h2-7,14H,8H2,1H3,(H2,19,24)(H,20,21,23)/t14-/m1/s1. The number of aromatic nitrogens is 1. The van der Waals surface area contributed by atoms with Crippen molar-refractivity contribution in [2.45, 2.75) is 13.0 Å². The maximum atomic E-state index is 14.5. The van der Waals surface area contributed by atoms with Crippen LogP contribution in [0.3, 0.4) is 0 Å². The van der Waals surface area contributed by atoms with Crippen LogP contribution in [0.15, 0.2) is 36.5 Å². The Hall–Kier alpha value is -3.49. The molecule has 1 aliphatic rings. The van der Waals surface area contributed by atoms with Gasteiger partial charge in [-0.05, 0) is 30.3 Å². The van der Waals surface area contributed by atoms with Gasteiger partial charge in [0.25, 0.3) is 5.91 Å². The van der Waals surface area contributed by atoms with Crippen LogP contribution in [0.5, 0.6) is 0 Å². The van der Waals surface area contributed by atoms with Crippen molar-refractivity contribution in [2.24, 2.45) is 5.73 Å². The number of nitrogens with zero attached hydrogens (tertiary/aromatic N) is 2. The topological polar surface area (TPSA) is 115 Å². The van der Waals surface area contributed by atoms with Crippen LogP contribution in [0, 0.1) is 5.82 Å². The number of nitrogens with one attached hydrogen (secondary N) is 1. The van der Waals surface area contributed by atoms with Crippen LogP contribution in [-0.2, 0) is 14.3 Å². The number of carbonyl (C=O) groups is 3. The van der Waals surface area contributed by atoms with E-state index < -0.39 is 23.9 Å². The molecule has 2 heterocycles. The minimum atomic E-state index is -1.06. The number of carbonyl (C=O) groups excluding carboxylic acids is 3. The first kappa shape index (κ1) is 17.3. The van der Waals surface area contributed by atoms with E-state index in [4.69, 9.17) is 10.5 Å². The van der Waals surface area contributed by atoms with Crippen molar-refractivity contribution in [1.29, 1.82) is 0 Å². The number of ether oxygens (including phenoxy) is 1. The molecule has 1 saturated heterocycles. The Morgan fingerprint density at radius 3 is 2.65 bits per heavy atom. The lowest BCUT2D eigenvalue weighted by molar-refractivity contribution is -0.124. The fourth-order valence-corrected chi connectivity index (χ4v) is 2.54. The van der Waals surface area contributed by atoms with Gasteiger partial charge in [-0.25, -0.2) is 14.2 Å². The lowest BCUT2D eigenvalue weighted by Crippen LogP contribution is -2.32. The normalized spacial score (nSPS) is 16.3. The first-order chi connectivity index (χ1) is 12.3. The predicted octanol–water partition coefficient (Wildman–Crippen LogP) is 1.66. The number of primary amides is 1. The maximum Gasteiger partial charge on any atom is 0.415 e. The smallest absolute Gasteiger partial charge is 0.415 e. The molecule has 9 heteroatoms. The Kier molecular flexibility index (Phi) is 4.53. The largest absolute Gasteiger partial charge is 0.434 e. The van der Waals surface area contributed by atoms with E-state index in [0.29, 0.717) is 11.4 Å². The Balaban J connectivity index is 1.83. The molecule has 3 amide bonds. The number of benzene rings is 1. The highest BCUT2D eigenvalue weighted by Crippen LogP contribution is 2.29. The molecular formula is C17H15FN4O4. The number of pyridine rings is 1. The number of cyclic esters (lactones) is 1. The van der Waals surface area contributed by atoms with Crippen molar-refractivity contribution in [3.05, 3.63) is 42.3 Å². The number of nitrogens with two attached hydrogens (primary N) is 1. The van der Waals surface area contributed by atoms with E-state index in [1.165, 1.54) is 31.3 Å². The summed E-state index contributed by atoms with van der Waals surface area (Å²) in [6.45, 7) is 1.29. The van der Waals surface area contributed by atoms with Crippen molar-refractivity contribution in [1.82, 2.24) is 4.98 Å². The molecule has 2 aromatic rings. The fraction of sp³-hybridized carbons (Fsp3) is 0.176. The average molecular weight is 358 g/mol. The number of anilines is 2. The van der Waals surface area contributed by atoms with E-state index in [2.05, 4.69) is 10.3 Å². The second kappa shape index (κ2) is 6.79. The van der Waals surface area contributed by atoms with E-state index in [1.807, 2.05) is 0 Å². The van der Waals surface area contributed by atoms with Crippen LogP contribution in [0.2, 0.25) is 0 Å². The molecule has 3 rings (SSSR count). The van der Waals surface area contributed by atoms with E-state index in [1.54, 1.807) is 12.1 Å². The number of halogens is 1. The maximum absolute atomic E-state index is 14.5. The summed E-state index contributed by atoms with van der Waals surface area (Å²) < 4.78 is 19.3. The number of hydrogen-bond acceptors (Lipinski definition) is 5. The van der Waals surface area contributed by atoms with Crippen LogP contribution in [-0.4, -0.2) is 35.5 Å². The Morgan fingerprint density at radius 2 is 2.12 bits per heavy atom. The van der Waals surface area contributed by atoms with Gasteiger partial charge in [0.1, 0.15) is 11.6 Å². The van der Waals surface area contributed by atoms with Crippen molar-refractivity contribution in [3.63, 3.8) is 0 Å². The minimum Gasteiger partial charge on any atom is -0.434 e. The van der Waals surface area contributed by atoms with E-state index >= 15 is 0 Å². The highest BCUT2D eigenvalue weighted by molar-refractivity contribution is 5.95. The van der Waals surface area contributed by atoms with Crippen molar-refractivity contribution in [3.8, 4) is 11.1 Å². The van der Waals surface area contributed by atoms with Crippen LogP contribution in [0.25, 0.3) is 11.1 Å². The SMILES string of the molecule is CC(=O)Nc1ccc(-c2ccc(N3C[C@H](C(N)=O)OC3=O)cc2F)cn1. The van der Waals surface area contributed by atoms with E-state index in [-0.39, 0.29) is 23.7 Å². The van der Waals surface area contributed by atoms with Gasteiger partial charge in [-0.1, -0.05) is 0 Å². The summed E-state index contributed by atoms with van der Waals surface area (Å²) in [4.78, 5) is 39.1. The molecule has 0 bridgehead atoms. The first-order valence-electron chi connectivity index (χ1n) is 7.66. The van der Waals surface area contributed by atoms with Crippen LogP contribution < -0.4 is 16.0 Å². The third kappa shape index (κ3) is 3.46. The summed E-state index contributed by atoms with van der Waals surface area (Å²) in [6.07, 6.45) is -0.394. The Bertz CT molecular complexity index is 885.